The van der Waals surface area contributed by atoms with Crippen LogP contribution < -0.4 is 29.1 Å². The number of fused-ring (bicyclic) bond motifs is 1. The molecule has 11 heteroatoms. The van der Waals surface area contributed by atoms with E-state index >= 15 is 0 Å². The summed E-state index contributed by atoms with van der Waals surface area (Å²) in [6.07, 6.45) is 1.57. The van der Waals surface area contributed by atoms with Crippen molar-refractivity contribution in [2.45, 2.75) is 46.4 Å². The van der Waals surface area contributed by atoms with Crippen molar-refractivity contribution in [3.8, 4) is 17.2 Å². The highest BCUT2D eigenvalue weighted by atomic mass is 127. The standard InChI is InChI=1S/C34H32FIN2O6S/c1-6-42-33(40)29-20(4)37-34-38(30(29)24-12-8-10-14-26(24)44-19(2)3)32(39)28(45-34)16-22-15-23(36)17-27(41-5)31(22)43-18-21-11-7-9-13-25(21)35/h7-17,19,30H,6,18H2,1-5H3/b28-16-/t30-/m0/s1. The molecule has 0 unspecified atom stereocenters. The van der Waals surface area contributed by atoms with E-state index in [-0.39, 0.29) is 36.3 Å². The maximum Gasteiger partial charge on any atom is 0.338 e. The number of nitrogens with zero attached hydrogens (tertiary/aromatic N) is 2. The van der Waals surface area contributed by atoms with Crippen molar-refractivity contribution < 1.29 is 28.1 Å². The molecule has 234 valence electrons. The molecule has 8 nitrogen and oxygen atoms in total. The lowest BCUT2D eigenvalue weighted by molar-refractivity contribution is -0.139. The molecule has 2 heterocycles. The molecule has 1 aromatic heterocycles. The van der Waals surface area contributed by atoms with Crippen LogP contribution in [0.15, 0.2) is 81.7 Å². The van der Waals surface area contributed by atoms with Crippen LogP contribution >= 0.6 is 33.9 Å². The summed E-state index contributed by atoms with van der Waals surface area (Å²) in [6, 6.07) is 16.6. The van der Waals surface area contributed by atoms with E-state index in [1.54, 1.807) is 44.2 Å². The lowest BCUT2D eigenvalue weighted by Gasteiger charge is -2.26. The predicted octanol–water partition coefficient (Wildman–Crippen LogP) is 5.92. The smallest absolute Gasteiger partial charge is 0.338 e. The van der Waals surface area contributed by atoms with Crippen LogP contribution in [0.5, 0.6) is 17.2 Å². The topological polar surface area (TPSA) is 88.4 Å². The third-order valence-electron chi connectivity index (χ3n) is 6.98. The van der Waals surface area contributed by atoms with Crippen molar-refractivity contribution in [2.24, 2.45) is 4.99 Å². The highest BCUT2D eigenvalue weighted by Gasteiger charge is 2.35. The third-order valence-corrected chi connectivity index (χ3v) is 8.58. The number of carbonyl (C=O) groups excluding carboxylic acids is 1. The molecule has 0 amide bonds. The van der Waals surface area contributed by atoms with Gasteiger partial charge in [0.05, 0.1) is 35.6 Å². The summed E-state index contributed by atoms with van der Waals surface area (Å²) in [7, 11) is 1.52. The van der Waals surface area contributed by atoms with Gasteiger partial charge in [-0.2, -0.15) is 0 Å². The molecule has 1 aliphatic heterocycles. The van der Waals surface area contributed by atoms with Crippen LogP contribution in [0.3, 0.4) is 0 Å². The Morgan fingerprint density at radius 2 is 1.87 bits per heavy atom. The number of carbonyl (C=O) groups is 1. The van der Waals surface area contributed by atoms with Crippen LogP contribution in [0.2, 0.25) is 0 Å². The number of ether oxygens (including phenoxy) is 4. The number of hydrogen-bond donors (Lipinski definition) is 0. The molecule has 0 N–H and O–H groups in total. The second-order valence-corrected chi connectivity index (χ2v) is 12.7. The fourth-order valence-corrected chi connectivity index (χ4v) is 6.72. The molecule has 5 rings (SSSR count). The van der Waals surface area contributed by atoms with Crippen molar-refractivity contribution in [3.05, 3.63) is 118 Å². The molecule has 0 bridgehead atoms. The summed E-state index contributed by atoms with van der Waals surface area (Å²) in [6.45, 7) is 7.42. The number of allylic oxidation sites excluding steroid dienone is 1. The Bertz CT molecular complexity index is 1970. The van der Waals surface area contributed by atoms with E-state index < -0.39 is 12.0 Å². The minimum Gasteiger partial charge on any atom is -0.493 e. The Morgan fingerprint density at radius 1 is 1.13 bits per heavy atom. The van der Waals surface area contributed by atoms with Gasteiger partial charge in [-0.3, -0.25) is 9.36 Å². The van der Waals surface area contributed by atoms with Crippen molar-refractivity contribution in [2.75, 3.05) is 13.7 Å². The van der Waals surface area contributed by atoms with E-state index in [0.29, 0.717) is 49.0 Å². The first-order valence-corrected chi connectivity index (χ1v) is 16.2. The zero-order chi connectivity index (χ0) is 32.2. The molecule has 3 aromatic carbocycles. The van der Waals surface area contributed by atoms with Gasteiger partial charge in [0.1, 0.15) is 24.2 Å². The van der Waals surface area contributed by atoms with Gasteiger partial charge < -0.3 is 18.9 Å². The molecule has 0 radical (unpaired) electrons. The number of rotatable bonds is 10. The number of esters is 1. The van der Waals surface area contributed by atoms with Gasteiger partial charge in [-0.15, -0.1) is 0 Å². The van der Waals surface area contributed by atoms with Gasteiger partial charge in [0.15, 0.2) is 16.3 Å². The van der Waals surface area contributed by atoms with Gasteiger partial charge in [0.25, 0.3) is 5.56 Å². The largest absolute Gasteiger partial charge is 0.493 e. The van der Waals surface area contributed by atoms with Gasteiger partial charge >= 0.3 is 5.97 Å². The van der Waals surface area contributed by atoms with Gasteiger partial charge in [0.2, 0.25) is 0 Å². The average Bonchev–Trinajstić information content (AvgIpc) is 3.30. The number of hydrogen-bond acceptors (Lipinski definition) is 8. The van der Waals surface area contributed by atoms with Crippen molar-refractivity contribution in [1.82, 2.24) is 4.57 Å². The zero-order valence-corrected chi connectivity index (χ0v) is 28.4. The summed E-state index contributed by atoms with van der Waals surface area (Å²) in [5, 5.41) is 0. The van der Waals surface area contributed by atoms with Crippen LogP contribution in [0, 0.1) is 9.39 Å². The van der Waals surface area contributed by atoms with E-state index in [1.165, 1.54) is 29.1 Å². The SMILES string of the molecule is CCOC(=O)C1=C(C)N=c2s/c(=C\c3cc(I)cc(OC)c3OCc3ccccc3F)c(=O)n2[C@H]1c1ccccc1OC(C)C. The Hall–Kier alpha value is -3.97. The van der Waals surface area contributed by atoms with Gasteiger partial charge in [0, 0.05) is 20.3 Å². The first-order valence-electron chi connectivity index (χ1n) is 14.3. The fraction of sp³-hybridized carbons (Fsp3) is 0.265. The number of methoxy groups -OCH3 is 1. The maximum absolute atomic E-state index is 14.4. The van der Waals surface area contributed by atoms with Crippen LogP contribution in [0.4, 0.5) is 4.39 Å². The Morgan fingerprint density at radius 3 is 2.58 bits per heavy atom. The third kappa shape index (κ3) is 6.84. The maximum atomic E-state index is 14.4. The van der Waals surface area contributed by atoms with Gasteiger partial charge in [-0.25, -0.2) is 14.2 Å². The van der Waals surface area contributed by atoms with E-state index in [4.69, 9.17) is 18.9 Å². The molecule has 0 fully saturated rings. The monoisotopic (exact) mass is 742 g/mol. The van der Waals surface area contributed by atoms with Crippen molar-refractivity contribution in [1.29, 1.82) is 0 Å². The molecule has 0 aliphatic carbocycles. The molecule has 0 saturated heterocycles. The summed E-state index contributed by atoms with van der Waals surface area (Å²) in [4.78, 5) is 32.7. The summed E-state index contributed by atoms with van der Waals surface area (Å²) in [5.41, 5.74) is 1.96. The Kier molecular flexibility index (Phi) is 10.1. The number of thiazole rings is 1. The molecule has 1 atom stereocenters. The van der Waals surface area contributed by atoms with E-state index in [9.17, 15) is 14.0 Å². The Balaban J connectivity index is 1.70. The molecule has 0 saturated carbocycles. The van der Waals surface area contributed by atoms with Crippen LogP contribution in [-0.2, 0) is 16.1 Å². The molecule has 0 spiro atoms. The summed E-state index contributed by atoms with van der Waals surface area (Å²) < 4.78 is 40.4. The number of aromatic nitrogens is 1. The normalized spacial score (nSPS) is 14.7. The highest BCUT2D eigenvalue weighted by molar-refractivity contribution is 14.1. The lowest BCUT2D eigenvalue weighted by atomic mass is 9.95. The molecule has 45 heavy (non-hydrogen) atoms. The summed E-state index contributed by atoms with van der Waals surface area (Å²) >= 11 is 3.36. The second-order valence-electron chi connectivity index (χ2n) is 10.4. The van der Waals surface area contributed by atoms with Gasteiger partial charge in [-0.1, -0.05) is 47.7 Å². The van der Waals surface area contributed by atoms with Crippen molar-refractivity contribution >= 4 is 46.0 Å². The number of halogens is 2. The molecular formula is C34H32FIN2O6S. The van der Waals surface area contributed by atoms with Crippen LogP contribution in [0.25, 0.3) is 6.08 Å². The number of benzene rings is 3. The fourth-order valence-electron chi connectivity index (χ4n) is 5.06. The van der Waals surface area contributed by atoms with Crippen LogP contribution in [-0.4, -0.2) is 30.4 Å². The predicted molar refractivity (Wildman–Crippen MR) is 179 cm³/mol. The van der Waals surface area contributed by atoms with Gasteiger partial charge in [-0.05, 0) is 80.6 Å². The lowest BCUT2D eigenvalue weighted by Crippen LogP contribution is -2.40. The van der Waals surface area contributed by atoms with E-state index in [1.807, 2.05) is 44.2 Å². The molecule has 4 aromatic rings. The molecule has 1 aliphatic rings. The molecular weight excluding hydrogens is 710 g/mol. The van der Waals surface area contributed by atoms with Crippen molar-refractivity contribution in [3.63, 3.8) is 0 Å². The average molecular weight is 743 g/mol. The minimum absolute atomic E-state index is 0.0412. The highest BCUT2D eigenvalue weighted by Crippen LogP contribution is 2.37. The minimum atomic E-state index is -0.834. The first-order chi connectivity index (χ1) is 21.6. The van der Waals surface area contributed by atoms with E-state index in [2.05, 4.69) is 27.6 Å². The first kappa shape index (κ1) is 32.4. The second kappa shape index (κ2) is 14.0. The quantitative estimate of drug-likeness (QED) is 0.148. The number of para-hydroxylation sites is 1. The zero-order valence-electron chi connectivity index (χ0n) is 25.4. The Labute approximate surface area is 277 Å². The summed E-state index contributed by atoms with van der Waals surface area (Å²) in [5.74, 6) is 0.419. The van der Waals surface area contributed by atoms with Crippen LogP contribution in [0.1, 0.15) is 50.4 Å². The van der Waals surface area contributed by atoms with E-state index in [0.717, 1.165) is 3.57 Å².